The number of ether oxygens (including phenoxy) is 1. The minimum Gasteiger partial charge on any atom is -0.493 e. The standard InChI is InChI=1S/C13H13BrN2O3S/c1-2-19-13-8-11(5-6-12(13)14)20(17,18)16-10-4-3-7-15-9-10/h3-9,16H,2H2,1H3. The molecule has 0 aliphatic rings. The molecule has 0 amide bonds. The van der Waals surface area contributed by atoms with Gasteiger partial charge in [-0.3, -0.25) is 9.71 Å². The fourth-order valence-corrected chi connectivity index (χ4v) is 2.97. The summed E-state index contributed by atoms with van der Waals surface area (Å²) in [7, 11) is -3.66. The van der Waals surface area contributed by atoms with Gasteiger partial charge in [-0.25, -0.2) is 8.42 Å². The van der Waals surface area contributed by atoms with Crippen molar-refractivity contribution in [3.63, 3.8) is 0 Å². The van der Waals surface area contributed by atoms with Gasteiger partial charge in [0.2, 0.25) is 0 Å². The topological polar surface area (TPSA) is 68.3 Å². The maximum atomic E-state index is 12.3. The molecule has 0 unspecified atom stereocenters. The molecule has 20 heavy (non-hydrogen) atoms. The van der Waals surface area contributed by atoms with Crippen LogP contribution in [0.4, 0.5) is 5.69 Å². The lowest BCUT2D eigenvalue weighted by atomic mass is 10.3. The number of halogens is 1. The predicted molar refractivity (Wildman–Crippen MR) is 80.4 cm³/mol. The van der Waals surface area contributed by atoms with E-state index in [9.17, 15) is 8.42 Å². The third kappa shape index (κ3) is 3.49. The maximum Gasteiger partial charge on any atom is 0.262 e. The van der Waals surface area contributed by atoms with Crippen LogP contribution in [0, 0.1) is 0 Å². The van der Waals surface area contributed by atoms with Crippen molar-refractivity contribution in [2.24, 2.45) is 0 Å². The third-order valence-electron chi connectivity index (χ3n) is 2.43. The fourth-order valence-electron chi connectivity index (χ4n) is 1.55. The summed E-state index contributed by atoms with van der Waals surface area (Å²) in [5.41, 5.74) is 0.411. The minimum absolute atomic E-state index is 0.132. The van der Waals surface area contributed by atoms with Gasteiger partial charge in [0.15, 0.2) is 0 Å². The molecule has 1 aromatic heterocycles. The van der Waals surface area contributed by atoms with Crippen LogP contribution in [0.1, 0.15) is 6.92 Å². The van der Waals surface area contributed by atoms with Gasteiger partial charge in [-0.15, -0.1) is 0 Å². The van der Waals surface area contributed by atoms with Crippen LogP contribution in [0.2, 0.25) is 0 Å². The first-order chi connectivity index (χ1) is 9.53. The summed E-state index contributed by atoms with van der Waals surface area (Å²) >= 11 is 3.31. The van der Waals surface area contributed by atoms with Crippen molar-refractivity contribution in [2.45, 2.75) is 11.8 Å². The molecule has 0 atom stereocenters. The zero-order valence-corrected chi connectivity index (χ0v) is 13.1. The Morgan fingerprint density at radius 1 is 1.35 bits per heavy atom. The van der Waals surface area contributed by atoms with Gasteiger partial charge in [0.25, 0.3) is 10.0 Å². The summed E-state index contributed by atoms with van der Waals surface area (Å²) in [4.78, 5) is 4.00. The van der Waals surface area contributed by atoms with Crippen molar-refractivity contribution in [1.29, 1.82) is 0 Å². The van der Waals surface area contributed by atoms with Crippen molar-refractivity contribution in [3.8, 4) is 5.75 Å². The van der Waals surface area contributed by atoms with E-state index in [2.05, 4.69) is 25.6 Å². The van der Waals surface area contributed by atoms with E-state index >= 15 is 0 Å². The molecular formula is C13H13BrN2O3S. The normalized spacial score (nSPS) is 11.1. The highest BCUT2D eigenvalue weighted by Crippen LogP contribution is 2.28. The molecule has 0 bridgehead atoms. The molecule has 0 spiro atoms. The predicted octanol–water partition coefficient (Wildman–Crippen LogP) is 3.04. The molecule has 0 aliphatic carbocycles. The monoisotopic (exact) mass is 356 g/mol. The number of benzene rings is 1. The van der Waals surface area contributed by atoms with Crippen molar-refractivity contribution in [2.75, 3.05) is 11.3 Å². The van der Waals surface area contributed by atoms with Gasteiger partial charge in [-0.1, -0.05) is 0 Å². The molecule has 1 N–H and O–H groups in total. The minimum atomic E-state index is -3.66. The van der Waals surface area contributed by atoms with Crippen molar-refractivity contribution < 1.29 is 13.2 Å². The lowest BCUT2D eigenvalue weighted by molar-refractivity contribution is 0.337. The first-order valence-electron chi connectivity index (χ1n) is 5.88. The Labute approximate surface area is 126 Å². The summed E-state index contributed by atoms with van der Waals surface area (Å²) in [6.07, 6.45) is 3.02. The number of nitrogens with zero attached hydrogens (tertiary/aromatic N) is 1. The first-order valence-corrected chi connectivity index (χ1v) is 8.16. The van der Waals surface area contributed by atoms with Gasteiger partial charge in [0.05, 0.1) is 27.9 Å². The molecule has 0 saturated heterocycles. The molecule has 106 valence electrons. The van der Waals surface area contributed by atoms with E-state index in [4.69, 9.17) is 4.74 Å². The molecule has 0 radical (unpaired) electrons. The molecule has 2 aromatic rings. The maximum absolute atomic E-state index is 12.3. The number of nitrogens with one attached hydrogen (secondary N) is 1. The summed E-state index contributed by atoms with van der Waals surface area (Å²) in [5.74, 6) is 0.488. The van der Waals surface area contributed by atoms with Crippen LogP contribution in [-0.4, -0.2) is 20.0 Å². The second-order valence-corrected chi connectivity index (χ2v) is 6.41. The Bertz CT molecular complexity index is 690. The first kappa shape index (κ1) is 14.8. The van der Waals surface area contributed by atoms with Crippen LogP contribution >= 0.6 is 15.9 Å². The molecule has 0 saturated carbocycles. The highest BCUT2D eigenvalue weighted by atomic mass is 79.9. The summed E-state index contributed by atoms with van der Waals surface area (Å²) in [6.45, 7) is 2.29. The highest BCUT2D eigenvalue weighted by molar-refractivity contribution is 9.10. The van der Waals surface area contributed by atoms with E-state index in [1.807, 2.05) is 6.92 Å². The number of hydrogen-bond acceptors (Lipinski definition) is 4. The van der Waals surface area contributed by atoms with Crippen LogP contribution in [0.3, 0.4) is 0 Å². The molecule has 5 nitrogen and oxygen atoms in total. The molecule has 7 heteroatoms. The number of pyridine rings is 1. The Hall–Kier alpha value is -1.60. The van der Waals surface area contributed by atoms with E-state index in [0.29, 0.717) is 22.5 Å². The van der Waals surface area contributed by atoms with Crippen LogP contribution in [0.5, 0.6) is 5.75 Å². The lowest BCUT2D eigenvalue weighted by Crippen LogP contribution is -2.13. The number of rotatable bonds is 5. The smallest absolute Gasteiger partial charge is 0.262 e. The SMILES string of the molecule is CCOc1cc(S(=O)(=O)Nc2cccnc2)ccc1Br. The fraction of sp³-hybridized carbons (Fsp3) is 0.154. The molecule has 0 fully saturated rings. The van der Waals surface area contributed by atoms with Crippen molar-refractivity contribution in [1.82, 2.24) is 4.98 Å². The second-order valence-electron chi connectivity index (χ2n) is 3.87. The second kappa shape index (κ2) is 6.23. The number of sulfonamides is 1. The van der Waals surface area contributed by atoms with Crippen molar-refractivity contribution >= 4 is 31.6 Å². The molecule has 1 heterocycles. The van der Waals surface area contributed by atoms with E-state index in [1.165, 1.54) is 18.3 Å². The number of hydrogen-bond donors (Lipinski definition) is 1. The average molecular weight is 357 g/mol. The van der Waals surface area contributed by atoms with Crippen LogP contribution in [0.15, 0.2) is 52.1 Å². The van der Waals surface area contributed by atoms with Crippen LogP contribution < -0.4 is 9.46 Å². The van der Waals surface area contributed by atoms with Crippen LogP contribution in [0.25, 0.3) is 0 Å². The largest absolute Gasteiger partial charge is 0.493 e. The van der Waals surface area contributed by atoms with Gasteiger partial charge in [-0.05, 0) is 47.1 Å². The summed E-state index contributed by atoms with van der Waals surface area (Å²) in [5, 5.41) is 0. The van der Waals surface area contributed by atoms with Crippen LogP contribution in [-0.2, 0) is 10.0 Å². The Balaban J connectivity index is 2.32. The molecular weight excluding hydrogens is 344 g/mol. The number of aromatic nitrogens is 1. The Morgan fingerprint density at radius 2 is 2.15 bits per heavy atom. The van der Waals surface area contributed by atoms with Gasteiger partial charge in [-0.2, -0.15) is 0 Å². The van der Waals surface area contributed by atoms with Gasteiger partial charge >= 0.3 is 0 Å². The Kier molecular flexibility index (Phi) is 4.61. The van der Waals surface area contributed by atoms with Gasteiger partial charge in [0.1, 0.15) is 5.75 Å². The van der Waals surface area contributed by atoms with E-state index in [-0.39, 0.29) is 4.90 Å². The quantitative estimate of drug-likeness (QED) is 0.893. The number of anilines is 1. The summed E-state index contributed by atoms with van der Waals surface area (Å²) in [6, 6.07) is 7.91. The third-order valence-corrected chi connectivity index (χ3v) is 4.46. The molecule has 2 rings (SSSR count). The molecule has 0 aliphatic heterocycles. The molecule has 1 aromatic carbocycles. The zero-order chi connectivity index (χ0) is 14.6. The van der Waals surface area contributed by atoms with E-state index in [1.54, 1.807) is 24.4 Å². The lowest BCUT2D eigenvalue weighted by Gasteiger charge is -2.10. The van der Waals surface area contributed by atoms with Gasteiger partial charge < -0.3 is 4.74 Å². The zero-order valence-electron chi connectivity index (χ0n) is 10.7. The van der Waals surface area contributed by atoms with Crippen molar-refractivity contribution in [3.05, 3.63) is 47.2 Å². The van der Waals surface area contributed by atoms with Gasteiger partial charge in [0, 0.05) is 12.3 Å². The highest BCUT2D eigenvalue weighted by Gasteiger charge is 2.16. The summed E-state index contributed by atoms with van der Waals surface area (Å²) < 4.78 is 33.1. The van der Waals surface area contributed by atoms with E-state index in [0.717, 1.165) is 0 Å². The van der Waals surface area contributed by atoms with E-state index < -0.39 is 10.0 Å². The Morgan fingerprint density at radius 3 is 2.80 bits per heavy atom. The average Bonchev–Trinajstić information content (AvgIpc) is 2.42.